The van der Waals surface area contributed by atoms with E-state index in [1.165, 1.54) is 18.5 Å². The summed E-state index contributed by atoms with van der Waals surface area (Å²) in [5.74, 6) is 0. The fraction of sp³-hybridized carbons (Fsp3) is 0.583. The van der Waals surface area contributed by atoms with E-state index in [0.29, 0.717) is 0 Å². The van der Waals surface area contributed by atoms with Crippen molar-refractivity contribution in [3.63, 3.8) is 0 Å². The van der Waals surface area contributed by atoms with Crippen molar-refractivity contribution in [2.45, 2.75) is 38.8 Å². The van der Waals surface area contributed by atoms with Gasteiger partial charge in [0.25, 0.3) is 0 Å². The van der Waals surface area contributed by atoms with Crippen LogP contribution in [0, 0.1) is 0 Å². The largest absolute Gasteiger partial charge is 0.368 e. The highest BCUT2D eigenvalue weighted by Crippen LogP contribution is 2.31. The summed E-state index contributed by atoms with van der Waals surface area (Å²) in [6, 6.07) is 4.94. The number of rotatable bonds is 4. The zero-order valence-electron chi connectivity index (χ0n) is 9.48. The molecule has 0 amide bonds. The fourth-order valence-corrected chi connectivity index (χ4v) is 1.87. The SMILES string of the molecule is CCN(c1ccc(C(C)N)nc1)C1CC1. The molecule has 3 nitrogen and oxygen atoms in total. The van der Waals surface area contributed by atoms with Crippen LogP contribution in [0.25, 0.3) is 0 Å². The zero-order chi connectivity index (χ0) is 10.8. The van der Waals surface area contributed by atoms with Crippen LogP contribution in [0.4, 0.5) is 5.69 Å². The van der Waals surface area contributed by atoms with Gasteiger partial charge in [0.2, 0.25) is 0 Å². The number of nitrogens with two attached hydrogens (primary N) is 1. The maximum atomic E-state index is 5.77. The van der Waals surface area contributed by atoms with Gasteiger partial charge in [0.15, 0.2) is 0 Å². The van der Waals surface area contributed by atoms with E-state index in [9.17, 15) is 0 Å². The monoisotopic (exact) mass is 205 g/mol. The van der Waals surface area contributed by atoms with Gasteiger partial charge in [0.1, 0.15) is 0 Å². The van der Waals surface area contributed by atoms with Crippen LogP contribution in [0.2, 0.25) is 0 Å². The minimum absolute atomic E-state index is 0.0232. The molecule has 82 valence electrons. The van der Waals surface area contributed by atoms with Crippen molar-refractivity contribution >= 4 is 5.69 Å². The van der Waals surface area contributed by atoms with Crippen LogP contribution in [0.3, 0.4) is 0 Å². The lowest BCUT2D eigenvalue weighted by atomic mass is 10.2. The van der Waals surface area contributed by atoms with Crippen LogP contribution >= 0.6 is 0 Å². The van der Waals surface area contributed by atoms with Crippen molar-refractivity contribution in [1.29, 1.82) is 0 Å². The Kier molecular flexibility index (Phi) is 2.91. The molecule has 15 heavy (non-hydrogen) atoms. The molecule has 1 saturated carbocycles. The second kappa shape index (κ2) is 4.19. The van der Waals surface area contributed by atoms with E-state index in [-0.39, 0.29) is 6.04 Å². The summed E-state index contributed by atoms with van der Waals surface area (Å²) in [4.78, 5) is 6.81. The Bertz CT molecular complexity index is 314. The van der Waals surface area contributed by atoms with Gasteiger partial charge in [-0.3, -0.25) is 4.98 Å². The first-order valence-corrected chi connectivity index (χ1v) is 5.70. The van der Waals surface area contributed by atoms with Crippen molar-refractivity contribution in [2.75, 3.05) is 11.4 Å². The predicted molar refractivity (Wildman–Crippen MR) is 62.9 cm³/mol. The van der Waals surface area contributed by atoms with Crippen molar-refractivity contribution in [3.05, 3.63) is 24.0 Å². The average molecular weight is 205 g/mol. The molecule has 0 aromatic carbocycles. The normalized spacial score (nSPS) is 17.5. The molecule has 2 N–H and O–H groups in total. The van der Waals surface area contributed by atoms with Crippen molar-refractivity contribution < 1.29 is 0 Å². The molecule has 2 rings (SSSR count). The van der Waals surface area contributed by atoms with Gasteiger partial charge >= 0.3 is 0 Å². The zero-order valence-corrected chi connectivity index (χ0v) is 9.48. The number of nitrogens with zero attached hydrogens (tertiary/aromatic N) is 2. The number of hydrogen-bond acceptors (Lipinski definition) is 3. The number of aromatic nitrogens is 1. The third-order valence-electron chi connectivity index (χ3n) is 2.90. The van der Waals surface area contributed by atoms with E-state index in [4.69, 9.17) is 5.73 Å². The molecule has 0 spiro atoms. The van der Waals surface area contributed by atoms with Gasteiger partial charge in [-0.1, -0.05) is 0 Å². The molecule has 1 aliphatic carbocycles. The molecule has 0 saturated heterocycles. The Morgan fingerprint density at radius 1 is 1.53 bits per heavy atom. The summed E-state index contributed by atoms with van der Waals surface area (Å²) in [5.41, 5.74) is 7.96. The van der Waals surface area contributed by atoms with Gasteiger partial charge in [0, 0.05) is 18.6 Å². The maximum absolute atomic E-state index is 5.77. The van der Waals surface area contributed by atoms with E-state index in [1.54, 1.807) is 0 Å². The smallest absolute Gasteiger partial charge is 0.0569 e. The molecular formula is C12H19N3. The molecule has 1 aromatic heterocycles. The molecule has 1 unspecified atom stereocenters. The van der Waals surface area contributed by atoms with Gasteiger partial charge in [-0.25, -0.2) is 0 Å². The first-order chi connectivity index (χ1) is 7.22. The van der Waals surface area contributed by atoms with Crippen LogP contribution in [-0.2, 0) is 0 Å². The van der Waals surface area contributed by atoms with E-state index in [1.807, 2.05) is 19.2 Å². The Hall–Kier alpha value is -1.09. The van der Waals surface area contributed by atoms with Crippen LogP contribution in [0.5, 0.6) is 0 Å². The summed E-state index contributed by atoms with van der Waals surface area (Å²) in [5, 5.41) is 0. The first-order valence-electron chi connectivity index (χ1n) is 5.70. The molecule has 0 bridgehead atoms. The lowest BCUT2D eigenvalue weighted by Crippen LogP contribution is -2.25. The second-order valence-electron chi connectivity index (χ2n) is 4.25. The Labute approximate surface area is 91.3 Å². The number of hydrogen-bond donors (Lipinski definition) is 1. The van der Waals surface area contributed by atoms with E-state index in [0.717, 1.165) is 18.3 Å². The summed E-state index contributed by atoms with van der Waals surface area (Å²) < 4.78 is 0. The lowest BCUT2D eigenvalue weighted by Gasteiger charge is -2.22. The molecule has 1 atom stereocenters. The van der Waals surface area contributed by atoms with Crippen LogP contribution < -0.4 is 10.6 Å². The molecule has 1 aromatic rings. The molecule has 1 fully saturated rings. The minimum atomic E-state index is 0.0232. The van der Waals surface area contributed by atoms with Crippen LogP contribution in [0.1, 0.15) is 38.4 Å². The molecule has 3 heteroatoms. The number of pyridine rings is 1. The second-order valence-corrected chi connectivity index (χ2v) is 4.25. The first kappa shape index (κ1) is 10.4. The van der Waals surface area contributed by atoms with Crippen molar-refractivity contribution in [2.24, 2.45) is 5.73 Å². The third-order valence-corrected chi connectivity index (χ3v) is 2.90. The Morgan fingerprint density at radius 2 is 2.27 bits per heavy atom. The number of anilines is 1. The fourth-order valence-electron chi connectivity index (χ4n) is 1.87. The highest BCUT2D eigenvalue weighted by molar-refractivity contribution is 5.47. The summed E-state index contributed by atoms with van der Waals surface area (Å²) in [6.07, 6.45) is 4.59. The highest BCUT2D eigenvalue weighted by Gasteiger charge is 2.28. The van der Waals surface area contributed by atoms with Gasteiger partial charge < -0.3 is 10.6 Å². The summed E-state index contributed by atoms with van der Waals surface area (Å²) >= 11 is 0. The minimum Gasteiger partial charge on any atom is -0.368 e. The average Bonchev–Trinajstić information content (AvgIpc) is 3.04. The van der Waals surface area contributed by atoms with Gasteiger partial charge in [-0.15, -0.1) is 0 Å². The van der Waals surface area contributed by atoms with Crippen LogP contribution in [-0.4, -0.2) is 17.6 Å². The quantitative estimate of drug-likeness (QED) is 0.818. The van der Waals surface area contributed by atoms with E-state index in [2.05, 4.69) is 22.9 Å². The topological polar surface area (TPSA) is 42.1 Å². The summed E-state index contributed by atoms with van der Waals surface area (Å²) in [7, 11) is 0. The lowest BCUT2D eigenvalue weighted by molar-refractivity contribution is 0.773. The van der Waals surface area contributed by atoms with E-state index < -0.39 is 0 Å². The highest BCUT2D eigenvalue weighted by atomic mass is 15.2. The standard InChI is InChI=1S/C12H19N3/c1-3-15(10-4-5-10)11-6-7-12(9(2)13)14-8-11/h6-10H,3-5,13H2,1-2H3. The van der Waals surface area contributed by atoms with Crippen molar-refractivity contribution in [3.8, 4) is 0 Å². The van der Waals surface area contributed by atoms with Gasteiger partial charge in [0.05, 0.1) is 17.6 Å². The van der Waals surface area contributed by atoms with Gasteiger partial charge in [-0.2, -0.15) is 0 Å². The summed E-state index contributed by atoms with van der Waals surface area (Å²) in [6.45, 7) is 5.21. The molecular weight excluding hydrogens is 186 g/mol. The maximum Gasteiger partial charge on any atom is 0.0569 e. The molecule has 1 aliphatic rings. The third kappa shape index (κ3) is 2.29. The Morgan fingerprint density at radius 3 is 2.67 bits per heavy atom. The van der Waals surface area contributed by atoms with Crippen molar-refractivity contribution in [1.82, 2.24) is 4.98 Å². The molecule has 0 radical (unpaired) electrons. The van der Waals surface area contributed by atoms with Crippen LogP contribution in [0.15, 0.2) is 18.3 Å². The van der Waals surface area contributed by atoms with Gasteiger partial charge in [-0.05, 0) is 38.8 Å². The molecule has 0 aliphatic heterocycles. The Balaban J connectivity index is 2.14. The van der Waals surface area contributed by atoms with E-state index >= 15 is 0 Å². The molecule has 1 heterocycles. The predicted octanol–water partition coefficient (Wildman–Crippen LogP) is 2.09.